The number of anilines is 1. The van der Waals surface area contributed by atoms with Crippen molar-refractivity contribution >= 4 is 45.5 Å². The topological polar surface area (TPSA) is 73.8 Å². The van der Waals surface area contributed by atoms with E-state index >= 15 is 0 Å². The van der Waals surface area contributed by atoms with Gasteiger partial charge in [-0.2, -0.15) is 0 Å². The van der Waals surface area contributed by atoms with E-state index in [1.54, 1.807) is 37.2 Å². The smallest absolute Gasteiger partial charge is 0.191 e. The third kappa shape index (κ3) is 8.10. The second-order valence-corrected chi connectivity index (χ2v) is 8.98. The van der Waals surface area contributed by atoms with E-state index in [4.69, 9.17) is 0 Å². The van der Waals surface area contributed by atoms with E-state index in [-0.39, 0.29) is 29.8 Å². The number of sulfone groups is 1. The Bertz CT molecular complexity index is 948. The van der Waals surface area contributed by atoms with Gasteiger partial charge in [-0.15, -0.1) is 24.0 Å². The Morgan fingerprint density at radius 3 is 2.23 bits per heavy atom. The lowest BCUT2D eigenvalue weighted by atomic mass is 10.1. The van der Waals surface area contributed by atoms with Crippen LogP contribution in [0.2, 0.25) is 0 Å². The SMILES string of the molecule is CCNC(=NCc1ccc(N(C)C)c(F)c1)NCCc1ccc(S(C)(=O)=O)cc1.I. The number of guanidine groups is 1. The van der Waals surface area contributed by atoms with Gasteiger partial charge in [0.2, 0.25) is 0 Å². The molecule has 0 saturated carbocycles. The summed E-state index contributed by atoms with van der Waals surface area (Å²) >= 11 is 0. The van der Waals surface area contributed by atoms with Gasteiger partial charge in [0, 0.05) is 33.4 Å². The van der Waals surface area contributed by atoms with Gasteiger partial charge in [-0.05, 0) is 48.7 Å². The van der Waals surface area contributed by atoms with Gasteiger partial charge in [-0.3, -0.25) is 0 Å². The predicted octanol–water partition coefficient (Wildman–Crippen LogP) is 3.21. The van der Waals surface area contributed by atoms with E-state index < -0.39 is 9.84 Å². The maximum Gasteiger partial charge on any atom is 0.191 e. The third-order valence-corrected chi connectivity index (χ3v) is 5.44. The van der Waals surface area contributed by atoms with Crippen molar-refractivity contribution in [2.45, 2.75) is 24.8 Å². The van der Waals surface area contributed by atoms with Gasteiger partial charge in [0.25, 0.3) is 0 Å². The van der Waals surface area contributed by atoms with Crippen molar-refractivity contribution in [3.8, 4) is 0 Å². The van der Waals surface area contributed by atoms with Crippen LogP contribution in [0.4, 0.5) is 10.1 Å². The molecule has 0 bridgehead atoms. The van der Waals surface area contributed by atoms with Crippen LogP contribution >= 0.6 is 24.0 Å². The fourth-order valence-electron chi connectivity index (χ4n) is 2.75. The Hall–Kier alpha value is -1.88. The fourth-order valence-corrected chi connectivity index (χ4v) is 3.38. The van der Waals surface area contributed by atoms with E-state index in [2.05, 4.69) is 15.6 Å². The molecule has 0 radical (unpaired) electrons. The summed E-state index contributed by atoms with van der Waals surface area (Å²) in [7, 11) is 0.428. The Morgan fingerprint density at radius 2 is 1.70 bits per heavy atom. The van der Waals surface area contributed by atoms with Crippen molar-refractivity contribution < 1.29 is 12.8 Å². The van der Waals surface area contributed by atoms with Crippen molar-refractivity contribution in [1.29, 1.82) is 0 Å². The highest BCUT2D eigenvalue weighted by atomic mass is 127. The van der Waals surface area contributed by atoms with E-state index in [0.717, 1.165) is 17.5 Å². The minimum absolute atomic E-state index is 0. The zero-order valence-electron chi connectivity index (χ0n) is 17.8. The molecule has 2 aromatic rings. The number of rotatable bonds is 8. The van der Waals surface area contributed by atoms with Crippen molar-refractivity contribution in [2.24, 2.45) is 4.99 Å². The van der Waals surface area contributed by atoms with E-state index in [9.17, 15) is 12.8 Å². The summed E-state index contributed by atoms with van der Waals surface area (Å²) in [6, 6.07) is 12.0. The summed E-state index contributed by atoms with van der Waals surface area (Å²) in [6.07, 6.45) is 1.92. The zero-order chi connectivity index (χ0) is 21.4. The number of halogens is 2. The standard InChI is InChI=1S/C21H29FN4O2S.HI/c1-5-23-21(25-15-17-8-11-20(26(2)3)19(22)14-17)24-13-12-16-6-9-18(10-7-16)29(4,27)28;/h6-11,14H,5,12-13,15H2,1-4H3,(H2,23,24,25);1H. The third-order valence-electron chi connectivity index (χ3n) is 4.32. The van der Waals surface area contributed by atoms with Gasteiger partial charge in [0.05, 0.1) is 17.1 Å². The van der Waals surface area contributed by atoms with Crippen LogP contribution in [0.25, 0.3) is 0 Å². The molecule has 0 heterocycles. The molecule has 30 heavy (non-hydrogen) atoms. The fraction of sp³-hybridized carbons (Fsp3) is 0.381. The van der Waals surface area contributed by atoms with Crippen LogP contribution in [-0.4, -0.2) is 47.8 Å². The van der Waals surface area contributed by atoms with Crippen molar-refractivity contribution in [3.63, 3.8) is 0 Å². The second-order valence-electron chi connectivity index (χ2n) is 6.97. The summed E-state index contributed by atoms with van der Waals surface area (Å²) in [4.78, 5) is 6.56. The number of hydrogen-bond acceptors (Lipinski definition) is 4. The van der Waals surface area contributed by atoms with E-state index in [1.165, 1.54) is 12.3 Å². The first-order chi connectivity index (χ1) is 13.7. The van der Waals surface area contributed by atoms with E-state index in [0.29, 0.717) is 36.2 Å². The van der Waals surface area contributed by atoms with Crippen molar-refractivity contribution in [2.75, 3.05) is 38.3 Å². The highest BCUT2D eigenvalue weighted by Crippen LogP contribution is 2.18. The highest BCUT2D eigenvalue weighted by Gasteiger charge is 2.07. The minimum atomic E-state index is -3.18. The van der Waals surface area contributed by atoms with Crippen LogP contribution in [0.3, 0.4) is 0 Å². The molecule has 0 aliphatic carbocycles. The monoisotopic (exact) mass is 548 g/mol. The molecule has 0 aliphatic rings. The maximum absolute atomic E-state index is 14.1. The lowest BCUT2D eigenvalue weighted by Gasteiger charge is -2.14. The minimum Gasteiger partial charge on any atom is -0.375 e. The molecule has 0 amide bonds. The largest absolute Gasteiger partial charge is 0.375 e. The molecule has 9 heteroatoms. The second kappa shape index (κ2) is 12.1. The molecule has 0 saturated heterocycles. The van der Waals surface area contributed by atoms with Crippen molar-refractivity contribution in [3.05, 3.63) is 59.4 Å². The molecular formula is C21H30FIN4O2S. The summed E-state index contributed by atoms with van der Waals surface area (Å²) in [6.45, 7) is 3.69. The molecule has 0 fully saturated rings. The molecule has 2 rings (SSSR count). The Kier molecular flexibility index (Phi) is 10.5. The van der Waals surface area contributed by atoms with Gasteiger partial charge in [-0.25, -0.2) is 17.8 Å². The lowest BCUT2D eigenvalue weighted by Crippen LogP contribution is -2.38. The molecule has 0 unspecified atom stereocenters. The first-order valence-electron chi connectivity index (χ1n) is 9.47. The zero-order valence-corrected chi connectivity index (χ0v) is 20.9. The molecule has 2 N–H and O–H groups in total. The molecule has 6 nitrogen and oxygen atoms in total. The van der Waals surface area contributed by atoms with Crippen LogP contribution in [0.1, 0.15) is 18.1 Å². The van der Waals surface area contributed by atoms with E-state index in [1.807, 2.05) is 25.1 Å². The normalized spacial score (nSPS) is 11.6. The number of benzene rings is 2. The van der Waals surface area contributed by atoms with Gasteiger partial charge in [-0.1, -0.05) is 18.2 Å². The number of hydrogen-bond donors (Lipinski definition) is 2. The summed E-state index contributed by atoms with van der Waals surface area (Å²) < 4.78 is 37.1. The number of aliphatic imine (C=N–C) groups is 1. The molecule has 0 atom stereocenters. The number of nitrogens with zero attached hydrogens (tertiary/aromatic N) is 2. The molecule has 166 valence electrons. The van der Waals surface area contributed by atoms with Gasteiger partial charge < -0.3 is 15.5 Å². The average molecular weight is 548 g/mol. The summed E-state index contributed by atoms with van der Waals surface area (Å²) in [5.74, 6) is 0.385. The Labute approximate surface area is 195 Å². The molecular weight excluding hydrogens is 518 g/mol. The Balaban J connectivity index is 0.00000450. The van der Waals surface area contributed by atoms with Crippen molar-refractivity contribution in [1.82, 2.24) is 10.6 Å². The predicted molar refractivity (Wildman–Crippen MR) is 132 cm³/mol. The van der Waals surface area contributed by atoms with Crippen LogP contribution in [-0.2, 0) is 22.8 Å². The van der Waals surface area contributed by atoms with Gasteiger partial charge in [0.15, 0.2) is 15.8 Å². The molecule has 0 aliphatic heterocycles. The van der Waals surface area contributed by atoms with Crippen LogP contribution in [0, 0.1) is 5.82 Å². The first kappa shape index (κ1) is 26.2. The average Bonchev–Trinajstić information content (AvgIpc) is 2.65. The maximum atomic E-state index is 14.1. The molecule has 2 aromatic carbocycles. The van der Waals surface area contributed by atoms with Crippen LogP contribution in [0.15, 0.2) is 52.4 Å². The number of nitrogens with one attached hydrogen (secondary N) is 2. The quantitative estimate of drug-likeness (QED) is 0.301. The Morgan fingerprint density at radius 1 is 1.07 bits per heavy atom. The molecule has 0 spiro atoms. The lowest BCUT2D eigenvalue weighted by molar-refractivity contribution is 0.602. The summed E-state index contributed by atoms with van der Waals surface area (Å²) in [5, 5.41) is 6.42. The summed E-state index contributed by atoms with van der Waals surface area (Å²) in [5.41, 5.74) is 2.37. The highest BCUT2D eigenvalue weighted by molar-refractivity contribution is 14.0. The van der Waals surface area contributed by atoms with Gasteiger partial charge in [0.1, 0.15) is 5.82 Å². The van der Waals surface area contributed by atoms with Gasteiger partial charge >= 0.3 is 0 Å². The van der Waals surface area contributed by atoms with Crippen LogP contribution < -0.4 is 15.5 Å². The molecule has 0 aromatic heterocycles. The first-order valence-corrected chi connectivity index (χ1v) is 11.4. The van der Waals surface area contributed by atoms with Crippen LogP contribution in [0.5, 0.6) is 0 Å².